The third kappa shape index (κ3) is 3.80. The van der Waals surface area contributed by atoms with Gasteiger partial charge in [-0.15, -0.1) is 11.3 Å². The molecule has 4 heteroatoms. The molecule has 0 aliphatic rings. The van der Waals surface area contributed by atoms with Gasteiger partial charge in [-0.2, -0.15) is 0 Å². The summed E-state index contributed by atoms with van der Waals surface area (Å²) < 4.78 is 0. The number of aromatic nitrogens is 1. The summed E-state index contributed by atoms with van der Waals surface area (Å²) in [4.78, 5) is 5.43. The molecule has 0 aliphatic carbocycles. The maximum absolute atomic E-state index is 6.16. The quantitative estimate of drug-likeness (QED) is 0.875. The highest BCUT2D eigenvalue weighted by molar-refractivity contribution is 7.09. The van der Waals surface area contributed by atoms with Gasteiger partial charge in [0, 0.05) is 23.3 Å². The number of nitrogens with one attached hydrogen (secondary N) is 1. The first-order chi connectivity index (χ1) is 8.79. The molecule has 0 fully saturated rings. The van der Waals surface area contributed by atoms with Crippen LogP contribution in [0.15, 0.2) is 36.0 Å². The standard InChI is InChI=1S/C14H17ClN2S/c1-2-17-12(9-13-4-3-7-18-13)8-11-5-6-16-10-14(11)15/h3-7,10,12,17H,2,8-9H2,1H3. The van der Waals surface area contributed by atoms with E-state index in [1.807, 2.05) is 6.07 Å². The van der Waals surface area contributed by atoms with Gasteiger partial charge < -0.3 is 5.32 Å². The van der Waals surface area contributed by atoms with E-state index in [2.05, 4.69) is 34.7 Å². The molecule has 1 unspecified atom stereocenters. The Labute approximate surface area is 117 Å². The number of nitrogens with zero attached hydrogens (tertiary/aromatic N) is 1. The van der Waals surface area contributed by atoms with Crippen molar-refractivity contribution in [2.45, 2.75) is 25.8 Å². The van der Waals surface area contributed by atoms with E-state index in [0.29, 0.717) is 6.04 Å². The van der Waals surface area contributed by atoms with E-state index in [1.54, 1.807) is 23.7 Å². The minimum absolute atomic E-state index is 0.425. The molecule has 0 radical (unpaired) electrons. The van der Waals surface area contributed by atoms with Crippen molar-refractivity contribution in [2.24, 2.45) is 0 Å². The van der Waals surface area contributed by atoms with Crippen molar-refractivity contribution in [1.29, 1.82) is 0 Å². The van der Waals surface area contributed by atoms with Gasteiger partial charge in [0.2, 0.25) is 0 Å². The summed E-state index contributed by atoms with van der Waals surface area (Å²) in [6.45, 7) is 3.11. The normalized spacial score (nSPS) is 12.6. The van der Waals surface area contributed by atoms with Crippen molar-refractivity contribution in [3.63, 3.8) is 0 Å². The fourth-order valence-electron chi connectivity index (χ4n) is 2.01. The second-order valence-electron chi connectivity index (χ2n) is 4.21. The lowest BCUT2D eigenvalue weighted by molar-refractivity contribution is 0.524. The van der Waals surface area contributed by atoms with Crippen LogP contribution in [-0.2, 0) is 12.8 Å². The summed E-state index contributed by atoms with van der Waals surface area (Å²) in [5.74, 6) is 0. The molecule has 1 atom stereocenters. The summed E-state index contributed by atoms with van der Waals surface area (Å²) in [5, 5.41) is 6.40. The average Bonchev–Trinajstić information content (AvgIpc) is 2.85. The van der Waals surface area contributed by atoms with Gasteiger partial charge in [0.25, 0.3) is 0 Å². The zero-order valence-corrected chi connectivity index (χ0v) is 12.0. The smallest absolute Gasteiger partial charge is 0.0621 e. The molecule has 0 saturated carbocycles. The van der Waals surface area contributed by atoms with Crippen LogP contribution >= 0.6 is 22.9 Å². The lowest BCUT2D eigenvalue weighted by atomic mass is 10.0. The molecule has 1 N–H and O–H groups in total. The van der Waals surface area contributed by atoms with Crippen molar-refractivity contribution in [1.82, 2.24) is 10.3 Å². The number of pyridine rings is 1. The first-order valence-corrected chi connectivity index (χ1v) is 7.39. The summed E-state index contributed by atoms with van der Waals surface area (Å²) in [6, 6.07) is 6.71. The van der Waals surface area contributed by atoms with Crippen LogP contribution in [0.4, 0.5) is 0 Å². The highest BCUT2D eigenvalue weighted by Gasteiger charge is 2.12. The fraction of sp³-hybridized carbons (Fsp3) is 0.357. The summed E-state index contributed by atoms with van der Waals surface area (Å²) in [7, 11) is 0. The molecular formula is C14H17ClN2S. The Morgan fingerprint density at radius 1 is 1.39 bits per heavy atom. The maximum atomic E-state index is 6.16. The minimum Gasteiger partial charge on any atom is -0.314 e. The molecular weight excluding hydrogens is 264 g/mol. The lowest BCUT2D eigenvalue weighted by Gasteiger charge is -2.17. The van der Waals surface area contributed by atoms with Gasteiger partial charge in [0.1, 0.15) is 0 Å². The van der Waals surface area contributed by atoms with Crippen LogP contribution in [0.5, 0.6) is 0 Å². The van der Waals surface area contributed by atoms with Crippen molar-refractivity contribution in [3.05, 3.63) is 51.4 Å². The van der Waals surface area contributed by atoms with Crippen molar-refractivity contribution in [2.75, 3.05) is 6.54 Å². The number of hydrogen-bond donors (Lipinski definition) is 1. The largest absolute Gasteiger partial charge is 0.314 e. The van der Waals surface area contributed by atoms with E-state index in [9.17, 15) is 0 Å². The van der Waals surface area contributed by atoms with Gasteiger partial charge in [-0.3, -0.25) is 4.98 Å². The molecule has 0 aromatic carbocycles. The molecule has 2 aromatic rings. The Hall–Kier alpha value is -0.900. The zero-order chi connectivity index (χ0) is 12.8. The molecule has 0 aliphatic heterocycles. The van der Waals surface area contributed by atoms with E-state index in [0.717, 1.165) is 30.0 Å². The Morgan fingerprint density at radius 2 is 2.28 bits per heavy atom. The molecule has 18 heavy (non-hydrogen) atoms. The summed E-state index contributed by atoms with van der Waals surface area (Å²) in [5.41, 5.74) is 1.16. The molecule has 0 spiro atoms. The number of rotatable bonds is 6. The van der Waals surface area contributed by atoms with Crippen LogP contribution in [0.25, 0.3) is 0 Å². The maximum Gasteiger partial charge on any atom is 0.0621 e. The van der Waals surface area contributed by atoms with Crippen LogP contribution in [0.1, 0.15) is 17.4 Å². The van der Waals surface area contributed by atoms with E-state index >= 15 is 0 Å². The first-order valence-electron chi connectivity index (χ1n) is 6.13. The second-order valence-corrected chi connectivity index (χ2v) is 5.65. The van der Waals surface area contributed by atoms with Crippen molar-refractivity contribution >= 4 is 22.9 Å². The van der Waals surface area contributed by atoms with Crippen LogP contribution in [-0.4, -0.2) is 17.6 Å². The molecule has 2 nitrogen and oxygen atoms in total. The van der Waals surface area contributed by atoms with Gasteiger partial charge >= 0.3 is 0 Å². The van der Waals surface area contributed by atoms with Crippen LogP contribution in [0.2, 0.25) is 5.02 Å². The minimum atomic E-state index is 0.425. The van der Waals surface area contributed by atoms with Gasteiger partial charge in [-0.05, 0) is 42.5 Å². The fourth-order valence-corrected chi connectivity index (χ4v) is 2.99. The Kier molecular flexibility index (Phi) is 5.17. The molecule has 96 valence electrons. The molecule has 2 heterocycles. The van der Waals surface area contributed by atoms with Gasteiger partial charge in [-0.1, -0.05) is 24.6 Å². The Bertz CT molecular complexity index is 470. The third-order valence-corrected chi connectivity index (χ3v) is 4.08. The van der Waals surface area contributed by atoms with Gasteiger partial charge in [0.05, 0.1) is 5.02 Å². The molecule has 0 amide bonds. The number of halogens is 1. The number of thiophene rings is 1. The number of hydrogen-bond acceptors (Lipinski definition) is 3. The van der Waals surface area contributed by atoms with Gasteiger partial charge in [-0.25, -0.2) is 0 Å². The lowest BCUT2D eigenvalue weighted by Crippen LogP contribution is -2.32. The van der Waals surface area contributed by atoms with Crippen LogP contribution in [0, 0.1) is 0 Å². The van der Waals surface area contributed by atoms with Crippen molar-refractivity contribution in [3.8, 4) is 0 Å². The molecule has 0 bridgehead atoms. The predicted octanol–water partition coefficient (Wildman–Crippen LogP) is 3.56. The van der Waals surface area contributed by atoms with Crippen LogP contribution in [0.3, 0.4) is 0 Å². The zero-order valence-electron chi connectivity index (χ0n) is 10.4. The van der Waals surface area contributed by atoms with E-state index in [-0.39, 0.29) is 0 Å². The molecule has 2 aromatic heterocycles. The van der Waals surface area contributed by atoms with Crippen LogP contribution < -0.4 is 5.32 Å². The van der Waals surface area contributed by atoms with E-state index in [4.69, 9.17) is 11.6 Å². The average molecular weight is 281 g/mol. The summed E-state index contributed by atoms with van der Waals surface area (Å²) in [6.07, 6.45) is 5.50. The number of likely N-dealkylation sites (N-methyl/N-ethyl adjacent to an activating group) is 1. The highest BCUT2D eigenvalue weighted by atomic mass is 35.5. The summed E-state index contributed by atoms with van der Waals surface area (Å²) >= 11 is 7.97. The molecule has 0 saturated heterocycles. The third-order valence-electron chi connectivity index (χ3n) is 2.84. The van der Waals surface area contributed by atoms with Crippen molar-refractivity contribution < 1.29 is 0 Å². The SMILES string of the molecule is CCNC(Cc1cccs1)Cc1ccncc1Cl. The highest BCUT2D eigenvalue weighted by Crippen LogP contribution is 2.18. The van der Waals surface area contributed by atoms with Gasteiger partial charge in [0.15, 0.2) is 0 Å². The Morgan fingerprint density at radius 3 is 2.94 bits per heavy atom. The topological polar surface area (TPSA) is 24.9 Å². The molecule has 2 rings (SSSR count). The van der Waals surface area contributed by atoms with E-state index in [1.165, 1.54) is 4.88 Å². The monoisotopic (exact) mass is 280 g/mol. The Balaban J connectivity index is 2.04. The second kappa shape index (κ2) is 6.88. The first kappa shape index (κ1) is 13.5. The predicted molar refractivity (Wildman–Crippen MR) is 78.4 cm³/mol. The van der Waals surface area contributed by atoms with E-state index < -0.39 is 0 Å².